The van der Waals surface area contributed by atoms with E-state index in [2.05, 4.69) is 0 Å². The molecule has 0 aromatic heterocycles. The third-order valence-corrected chi connectivity index (χ3v) is 5.02. The highest BCUT2D eigenvalue weighted by Crippen LogP contribution is 2.34. The summed E-state index contributed by atoms with van der Waals surface area (Å²) in [5.41, 5.74) is 0.660. The van der Waals surface area contributed by atoms with Gasteiger partial charge in [0.1, 0.15) is 0 Å². The van der Waals surface area contributed by atoms with Gasteiger partial charge in [0.05, 0.1) is 9.83 Å². The second kappa shape index (κ2) is 7.36. The van der Waals surface area contributed by atoms with Crippen molar-refractivity contribution in [2.75, 3.05) is 0 Å². The van der Waals surface area contributed by atoms with Crippen LogP contribution in [-0.4, -0.2) is 26.0 Å². The van der Waals surface area contributed by atoms with Crippen molar-refractivity contribution < 1.29 is 14.5 Å². The van der Waals surface area contributed by atoms with Crippen LogP contribution in [0.2, 0.25) is 5.02 Å². The number of halogens is 1. The first-order valence-electron chi connectivity index (χ1n) is 7.19. The van der Waals surface area contributed by atoms with Gasteiger partial charge in [0.15, 0.2) is 4.32 Å². The quantitative estimate of drug-likeness (QED) is 0.249. The Hall–Kier alpha value is -2.55. The van der Waals surface area contributed by atoms with Gasteiger partial charge in [0.2, 0.25) is 0 Å². The second-order valence-electron chi connectivity index (χ2n) is 5.18. The number of rotatable bonds is 3. The van der Waals surface area contributed by atoms with Gasteiger partial charge in [-0.3, -0.25) is 19.7 Å². The van der Waals surface area contributed by atoms with Crippen LogP contribution in [0.1, 0.15) is 15.9 Å². The lowest BCUT2D eigenvalue weighted by Crippen LogP contribution is -2.34. The van der Waals surface area contributed by atoms with Crippen molar-refractivity contribution in [3.63, 3.8) is 0 Å². The summed E-state index contributed by atoms with van der Waals surface area (Å²) in [6.45, 7) is 0. The summed E-state index contributed by atoms with van der Waals surface area (Å²) in [6.07, 6.45) is 1.47. The van der Waals surface area contributed by atoms with Crippen LogP contribution in [-0.2, 0) is 4.79 Å². The lowest BCUT2D eigenvalue weighted by molar-refractivity contribution is -0.384. The molecular weight excluding hydrogens is 396 g/mol. The van der Waals surface area contributed by atoms with Gasteiger partial charge in [-0.15, -0.1) is 0 Å². The van der Waals surface area contributed by atoms with Crippen molar-refractivity contribution in [2.24, 2.45) is 0 Å². The molecule has 0 aliphatic carbocycles. The molecule has 6 nitrogen and oxygen atoms in total. The number of hydrogen-bond acceptors (Lipinski definition) is 6. The van der Waals surface area contributed by atoms with Crippen LogP contribution in [0.3, 0.4) is 0 Å². The van der Waals surface area contributed by atoms with Crippen molar-refractivity contribution in [3.05, 3.63) is 79.7 Å². The predicted octanol–water partition coefficient (Wildman–Crippen LogP) is 4.29. The van der Waals surface area contributed by atoms with Crippen molar-refractivity contribution in [1.82, 2.24) is 4.90 Å². The van der Waals surface area contributed by atoms with Crippen molar-refractivity contribution >= 4 is 63.5 Å². The van der Waals surface area contributed by atoms with E-state index in [0.29, 0.717) is 10.6 Å². The van der Waals surface area contributed by atoms with Gasteiger partial charge in [-0.2, -0.15) is 0 Å². The fraction of sp³-hybridized carbons (Fsp3) is 0. The fourth-order valence-corrected chi connectivity index (χ4v) is 3.62. The molecule has 130 valence electrons. The molecule has 1 heterocycles. The molecule has 3 rings (SSSR count). The van der Waals surface area contributed by atoms with Gasteiger partial charge in [-0.1, -0.05) is 47.7 Å². The minimum absolute atomic E-state index is 0.0912. The molecule has 1 aliphatic heterocycles. The Morgan fingerprint density at radius 1 is 1.23 bits per heavy atom. The van der Waals surface area contributed by atoms with Gasteiger partial charge in [-0.25, -0.2) is 4.90 Å². The largest absolute Gasteiger partial charge is 0.273 e. The summed E-state index contributed by atoms with van der Waals surface area (Å²) >= 11 is 11.9. The maximum Gasteiger partial charge on any atom is 0.273 e. The molecule has 9 heteroatoms. The Labute approximate surface area is 162 Å². The number of nitrogens with zero attached hydrogens (tertiary/aromatic N) is 2. The van der Waals surface area contributed by atoms with Crippen LogP contribution in [0.4, 0.5) is 5.69 Å². The minimum atomic E-state index is -0.563. The molecule has 0 saturated carbocycles. The van der Waals surface area contributed by atoms with Crippen LogP contribution >= 0.6 is 35.6 Å². The normalized spacial score (nSPS) is 15.6. The molecule has 0 radical (unpaired) electrons. The first kappa shape index (κ1) is 18.2. The SMILES string of the molecule is O=C1/C(=C\c2cccc([N+](=O)[O-])c2)SC(=S)N1C(=O)c1ccc(Cl)cc1. The third kappa shape index (κ3) is 3.67. The Morgan fingerprint density at radius 3 is 2.58 bits per heavy atom. The maximum absolute atomic E-state index is 12.6. The number of carbonyl (C=O) groups is 2. The second-order valence-corrected chi connectivity index (χ2v) is 7.29. The number of benzene rings is 2. The molecule has 0 atom stereocenters. The average molecular weight is 405 g/mol. The van der Waals surface area contributed by atoms with Crippen molar-refractivity contribution in [1.29, 1.82) is 0 Å². The Morgan fingerprint density at radius 2 is 1.92 bits per heavy atom. The summed E-state index contributed by atoms with van der Waals surface area (Å²) in [7, 11) is 0. The summed E-state index contributed by atoms with van der Waals surface area (Å²) in [5.74, 6) is -1.11. The predicted molar refractivity (Wildman–Crippen MR) is 104 cm³/mol. The Kier molecular flexibility index (Phi) is 5.17. The van der Waals surface area contributed by atoms with Crippen LogP contribution in [0.5, 0.6) is 0 Å². The number of nitro groups is 1. The number of hydrogen-bond donors (Lipinski definition) is 0. The molecule has 2 aromatic carbocycles. The number of nitro benzene ring substituents is 1. The lowest BCUT2D eigenvalue weighted by Gasteiger charge is -2.12. The van der Waals surface area contributed by atoms with Gasteiger partial charge in [0.25, 0.3) is 17.5 Å². The molecule has 0 unspecified atom stereocenters. The zero-order valence-electron chi connectivity index (χ0n) is 12.9. The van der Waals surface area contributed by atoms with Gasteiger partial charge >= 0.3 is 0 Å². The molecule has 0 spiro atoms. The molecule has 1 saturated heterocycles. The van der Waals surface area contributed by atoms with Crippen molar-refractivity contribution in [3.8, 4) is 0 Å². The average Bonchev–Trinajstić information content (AvgIpc) is 2.89. The van der Waals surface area contributed by atoms with Crippen LogP contribution in [0.15, 0.2) is 53.4 Å². The monoisotopic (exact) mass is 404 g/mol. The first-order valence-corrected chi connectivity index (χ1v) is 8.79. The number of imide groups is 1. The molecular formula is C17H9ClN2O4S2. The number of carbonyl (C=O) groups excluding carboxylic acids is 2. The van der Waals surface area contributed by atoms with E-state index in [-0.39, 0.29) is 20.5 Å². The highest BCUT2D eigenvalue weighted by Gasteiger charge is 2.37. The molecule has 26 heavy (non-hydrogen) atoms. The van der Waals surface area contributed by atoms with Crippen molar-refractivity contribution in [2.45, 2.75) is 0 Å². The van der Waals surface area contributed by atoms with Gasteiger partial charge < -0.3 is 0 Å². The Balaban J connectivity index is 1.89. The number of thioether (sulfide) groups is 1. The number of non-ortho nitro benzene ring substituents is 1. The summed E-state index contributed by atoms with van der Waals surface area (Å²) in [4.78, 5) is 36.6. The zero-order chi connectivity index (χ0) is 18.8. The summed E-state index contributed by atoms with van der Waals surface area (Å²) < 4.78 is 0.103. The molecule has 2 amide bonds. The number of amides is 2. The first-order chi connectivity index (χ1) is 12.4. The molecule has 1 fully saturated rings. The summed E-state index contributed by atoms with van der Waals surface area (Å²) in [5, 5.41) is 11.3. The van der Waals surface area contributed by atoms with Gasteiger partial charge in [0, 0.05) is 22.7 Å². The van der Waals surface area contributed by atoms with Crippen LogP contribution < -0.4 is 0 Å². The van der Waals surface area contributed by atoms with Crippen LogP contribution in [0, 0.1) is 10.1 Å². The molecule has 0 N–H and O–H groups in total. The lowest BCUT2D eigenvalue weighted by atomic mass is 10.1. The maximum atomic E-state index is 12.6. The van der Waals surface area contributed by atoms with E-state index in [9.17, 15) is 19.7 Å². The Bertz CT molecular complexity index is 973. The van der Waals surface area contributed by atoms with E-state index in [0.717, 1.165) is 16.7 Å². The fourth-order valence-electron chi connectivity index (χ4n) is 2.24. The third-order valence-electron chi connectivity index (χ3n) is 3.47. The van der Waals surface area contributed by atoms with E-state index in [1.165, 1.54) is 36.4 Å². The summed E-state index contributed by atoms with van der Waals surface area (Å²) in [6, 6.07) is 11.9. The van der Waals surface area contributed by atoms with E-state index >= 15 is 0 Å². The van der Waals surface area contributed by atoms with E-state index in [1.54, 1.807) is 18.2 Å². The molecule has 0 bridgehead atoms. The van der Waals surface area contributed by atoms with Gasteiger partial charge in [-0.05, 0) is 35.9 Å². The smallest absolute Gasteiger partial charge is 0.268 e. The highest BCUT2D eigenvalue weighted by molar-refractivity contribution is 8.26. The number of thiocarbonyl (C=S) groups is 1. The minimum Gasteiger partial charge on any atom is -0.268 e. The molecule has 1 aliphatic rings. The van der Waals surface area contributed by atoms with E-state index < -0.39 is 16.7 Å². The highest BCUT2D eigenvalue weighted by atomic mass is 35.5. The zero-order valence-corrected chi connectivity index (χ0v) is 15.3. The van der Waals surface area contributed by atoms with Crippen LogP contribution in [0.25, 0.3) is 6.08 Å². The van der Waals surface area contributed by atoms with E-state index in [4.69, 9.17) is 23.8 Å². The topological polar surface area (TPSA) is 80.5 Å². The van der Waals surface area contributed by atoms with E-state index in [1.807, 2.05) is 0 Å². The standard InChI is InChI=1S/C17H9ClN2O4S2/c18-12-6-4-11(5-7-12)15(21)19-16(22)14(26-17(19)25)9-10-2-1-3-13(8-10)20(23)24/h1-9H/b14-9+. The molecule has 2 aromatic rings.